The highest BCUT2D eigenvalue weighted by molar-refractivity contribution is 5.69. The van der Waals surface area contributed by atoms with E-state index in [1.54, 1.807) is 0 Å². The molecule has 0 heterocycles. The molecule has 1 aromatic carbocycles. The molecule has 0 aliphatic carbocycles. The van der Waals surface area contributed by atoms with Crippen molar-refractivity contribution in [2.45, 2.75) is 39.7 Å². The molecule has 1 atom stereocenters. The first-order valence-corrected chi connectivity index (χ1v) is 6.42. The molecule has 18 heavy (non-hydrogen) atoms. The number of hydrogen-bond donors (Lipinski definition) is 1. The van der Waals surface area contributed by atoms with Gasteiger partial charge in [-0.05, 0) is 44.9 Å². The van der Waals surface area contributed by atoms with Crippen molar-refractivity contribution in [3.05, 3.63) is 34.9 Å². The predicted octanol–water partition coefficient (Wildman–Crippen LogP) is 2.91. The van der Waals surface area contributed by atoms with Crippen molar-refractivity contribution in [3.8, 4) is 0 Å². The molecular formula is C15H23NO2. The Bertz CT molecular complexity index is 401. The second-order valence-electron chi connectivity index (χ2n) is 4.72. The summed E-state index contributed by atoms with van der Waals surface area (Å²) in [6.45, 7) is 7.21. The Labute approximate surface area is 110 Å². The molecule has 0 radical (unpaired) electrons. The zero-order valence-corrected chi connectivity index (χ0v) is 11.7. The zero-order chi connectivity index (χ0) is 13.5. The number of benzene rings is 1. The third kappa shape index (κ3) is 4.49. The first-order chi connectivity index (χ1) is 8.54. The molecule has 0 aliphatic heterocycles. The Morgan fingerprint density at radius 2 is 2.11 bits per heavy atom. The summed E-state index contributed by atoms with van der Waals surface area (Å²) in [5, 5.41) is 3.43. The molecule has 0 spiro atoms. The molecule has 1 aromatic rings. The molecule has 0 amide bonds. The summed E-state index contributed by atoms with van der Waals surface area (Å²) in [4.78, 5) is 11.0. The smallest absolute Gasteiger partial charge is 0.305 e. The molecule has 1 N–H and O–H groups in total. The first-order valence-electron chi connectivity index (χ1n) is 6.42. The van der Waals surface area contributed by atoms with E-state index in [9.17, 15) is 4.79 Å². The van der Waals surface area contributed by atoms with Crippen molar-refractivity contribution in [2.75, 3.05) is 13.7 Å². The maximum atomic E-state index is 11.0. The van der Waals surface area contributed by atoms with Gasteiger partial charge in [0.15, 0.2) is 0 Å². The van der Waals surface area contributed by atoms with Crippen LogP contribution in [0.4, 0.5) is 0 Å². The molecule has 3 heteroatoms. The van der Waals surface area contributed by atoms with Crippen LogP contribution in [0.5, 0.6) is 0 Å². The molecule has 1 rings (SSSR count). The number of carbonyl (C=O) groups is 1. The first kappa shape index (κ1) is 14.7. The number of ether oxygens (including phenoxy) is 1. The molecule has 0 aliphatic rings. The lowest BCUT2D eigenvalue weighted by Crippen LogP contribution is -2.21. The van der Waals surface area contributed by atoms with Crippen molar-refractivity contribution in [1.29, 1.82) is 0 Å². The maximum absolute atomic E-state index is 11.0. The van der Waals surface area contributed by atoms with Gasteiger partial charge < -0.3 is 10.1 Å². The third-order valence-corrected chi connectivity index (χ3v) is 3.13. The minimum absolute atomic E-state index is 0.143. The van der Waals surface area contributed by atoms with Gasteiger partial charge in [0, 0.05) is 12.5 Å². The zero-order valence-electron chi connectivity index (χ0n) is 11.7. The summed E-state index contributed by atoms with van der Waals surface area (Å²) in [5.41, 5.74) is 3.91. The standard InChI is InChI=1S/C15H23NO2/c1-11-7-8-14(12(2)10-11)13(3)16-9-5-6-15(17)18-4/h7-8,10,13,16H,5-6,9H2,1-4H3. The van der Waals surface area contributed by atoms with Crippen LogP contribution in [0.2, 0.25) is 0 Å². The molecule has 0 saturated carbocycles. The van der Waals surface area contributed by atoms with Crippen molar-refractivity contribution >= 4 is 5.97 Å². The Hall–Kier alpha value is -1.35. The molecule has 0 saturated heterocycles. The van der Waals surface area contributed by atoms with Gasteiger partial charge in [0.2, 0.25) is 0 Å². The molecule has 0 fully saturated rings. The molecular weight excluding hydrogens is 226 g/mol. The highest BCUT2D eigenvalue weighted by Gasteiger charge is 2.08. The summed E-state index contributed by atoms with van der Waals surface area (Å²) < 4.78 is 4.61. The lowest BCUT2D eigenvalue weighted by Gasteiger charge is -2.17. The second-order valence-corrected chi connectivity index (χ2v) is 4.72. The average molecular weight is 249 g/mol. The van der Waals surface area contributed by atoms with E-state index in [2.05, 4.69) is 49.0 Å². The number of methoxy groups -OCH3 is 1. The van der Waals surface area contributed by atoms with E-state index >= 15 is 0 Å². The van der Waals surface area contributed by atoms with Crippen LogP contribution in [-0.4, -0.2) is 19.6 Å². The van der Waals surface area contributed by atoms with Gasteiger partial charge in [0.1, 0.15) is 0 Å². The SMILES string of the molecule is COC(=O)CCCNC(C)c1ccc(C)cc1C. The quantitative estimate of drug-likeness (QED) is 0.622. The highest BCUT2D eigenvalue weighted by atomic mass is 16.5. The topological polar surface area (TPSA) is 38.3 Å². The lowest BCUT2D eigenvalue weighted by atomic mass is 10.0. The van der Waals surface area contributed by atoms with Crippen molar-refractivity contribution in [1.82, 2.24) is 5.32 Å². The Morgan fingerprint density at radius 1 is 1.39 bits per heavy atom. The van der Waals surface area contributed by atoms with Crippen molar-refractivity contribution in [3.63, 3.8) is 0 Å². The van der Waals surface area contributed by atoms with E-state index in [4.69, 9.17) is 0 Å². The molecule has 100 valence electrons. The summed E-state index contributed by atoms with van der Waals surface area (Å²) in [6, 6.07) is 6.81. The Morgan fingerprint density at radius 3 is 2.72 bits per heavy atom. The fourth-order valence-electron chi connectivity index (χ4n) is 2.07. The largest absolute Gasteiger partial charge is 0.469 e. The normalized spacial score (nSPS) is 12.2. The van der Waals surface area contributed by atoms with Crippen molar-refractivity contribution in [2.24, 2.45) is 0 Å². The van der Waals surface area contributed by atoms with E-state index < -0.39 is 0 Å². The molecule has 0 aromatic heterocycles. The van der Waals surface area contributed by atoms with E-state index in [0.29, 0.717) is 12.5 Å². The number of rotatable bonds is 6. The summed E-state index contributed by atoms with van der Waals surface area (Å²) in [7, 11) is 1.42. The summed E-state index contributed by atoms with van der Waals surface area (Å²) >= 11 is 0. The van der Waals surface area contributed by atoms with Gasteiger partial charge in [0.25, 0.3) is 0 Å². The number of carbonyl (C=O) groups excluding carboxylic acids is 1. The van der Waals surface area contributed by atoms with Crippen LogP contribution in [0.1, 0.15) is 42.5 Å². The summed E-state index contributed by atoms with van der Waals surface area (Å²) in [5.74, 6) is -0.143. The molecule has 1 unspecified atom stereocenters. The fourth-order valence-corrected chi connectivity index (χ4v) is 2.07. The van der Waals surface area contributed by atoms with Crippen LogP contribution in [0.25, 0.3) is 0 Å². The van der Waals surface area contributed by atoms with E-state index in [1.165, 1.54) is 23.8 Å². The van der Waals surface area contributed by atoms with Gasteiger partial charge in [-0.3, -0.25) is 4.79 Å². The van der Waals surface area contributed by atoms with Crippen molar-refractivity contribution < 1.29 is 9.53 Å². The molecule has 3 nitrogen and oxygen atoms in total. The van der Waals surface area contributed by atoms with Gasteiger partial charge in [-0.2, -0.15) is 0 Å². The fraction of sp³-hybridized carbons (Fsp3) is 0.533. The third-order valence-electron chi connectivity index (χ3n) is 3.13. The monoisotopic (exact) mass is 249 g/mol. The number of nitrogens with one attached hydrogen (secondary N) is 1. The minimum atomic E-state index is -0.143. The van der Waals surface area contributed by atoms with E-state index in [-0.39, 0.29) is 5.97 Å². The van der Waals surface area contributed by atoms with E-state index in [0.717, 1.165) is 13.0 Å². The number of hydrogen-bond acceptors (Lipinski definition) is 3. The summed E-state index contributed by atoms with van der Waals surface area (Å²) in [6.07, 6.45) is 1.28. The number of esters is 1. The highest BCUT2D eigenvalue weighted by Crippen LogP contribution is 2.18. The Balaban J connectivity index is 2.40. The average Bonchev–Trinajstić information content (AvgIpc) is 2.34. The maximum Gasteiger partial charge on any atom is 0.305 e. The Kier molecular flexibility index (Phi) is 5.86. The van der Waals surface area contributed by atoms with Crippen LogP contribution >= 0.6 is 0 Å². The van der Waals surface area contributed by atoms with Crippen LogP contribution in [0, 0.1) is 13.8 Å². The van der Waals surface area contributed by atoms with Crippen LogP contribution in [0.15, 0.2) is 18.2 Å². The van der Waals surface area contributed by atoms with Gasteiger partial charge in [0.05, 0.1) is 7.11 Å². The minimum Gasteiger partial charge on any atom is -0.469 e. The van der Waals surface area contributed by atoms with Gasteiger partial charge in [-0.1, -0.05) is 23.8 Å². The lowest BCUT2D eigenvalue weighted by molar-refractivity contribution is -0.140. The molecule has 0 bridgehead atoms. The van der Waals surface area contributed by atoms with E-state index in [1.807, 2.05) is 0 Å². The number of aryl methyl sites for hydroxylation is 2. The van der Waals surface area contributed by atoms with Crippen LogP contribution < -0.4 is 5.32 Å². The van der Waals surface area contributed by atoms with Gasteiger partial charge in [-0.15, -0.1) is 0 Å². The predicted molar refractivity (Wildman–Crippen MR) is 73.6 cm³/mol. The van der Waals surface area contributed by atoms with Crippen LogP contribution in [-0.2, 0) is 9.53 Å². The second kappa shape index (κ2) is 7.17. The van der Waals surface area contributed by atoms with Crippen LogP contribution in [0.3, 0.4) is 0 Å². The van der Waals surface area contributed by atoms with Gasteiger partial charge in [-0.25, -0.2) is 0 Å². The van der Waals surface area contributed by atoms with Gasteiger partial charge >= 0.3 is 5.97 Å².